The number of carbonyl (C=O) groups excluding carboxylic acids is 1. The molecule has 2 aromatic carbocycles. The van der Waals surface area contributed by atoms with E-state index in [1.54, 1.807) is 0 Å². The smallest absolute Gasteiger partial charge is 0.269 e. The molecule has 0 aliphatic rings. The number of aliphatic carboxylic acids is 1. The number of carboxylic acid groups (broad SMARTS) is 1. The highest BCUT2D eigenvalue weighted by Gasteiger charge is 2.22. The number of benzene rings is 2. The van der Waals surface area contributed by atoms with Crippen molar-refractivity contribution in [3.8, 4) is 0 Å². The number of nitro benzene ring substituents is 1. The average molecular weight is 391 g/mol. The maximum atomic E-state index is 11.4. The molecule has 2 unspecified atom stereocenters. The van der Waals surface area contributed by atoms with Crippen LogP contribution in [0.3, 0.4) is 0 Å². The molecule has 0 spiro atoms. The van der Waals surface area contributed by atoms with Crippen molar-refractivity contribution in [1.82, 2.24) is 0 Å². The number of sulfone groups is 1. The predicted octanol–water partition coefficient (Wildman–Crippen LogP) is 0.269. The summed E-state index contributed by atoms with van der Waals surface area (Å²) < 4.78 is 22.8. The molecular formula is C17H15N2O7S-. The number of hydrogen-bond acceptors (Lipinski definition) is 8. The maximum Gasteiger partial charge on any atom is 0.269 e. The number of nitro groups is 1. The van der Waals surface area contributed by atoms with Crippen LogP contribution in [0.15, 0.2) is 58.4 Å². The molecule has 2 atom stereocenters. The van der Waals surface area contributed by atoms with Gasteiger partial charge in [-0.05, 0) is 35.4 Å². The second-order valence-corrected chi connectivity index (χ2v) is 7.69. The van der Waals surface area contributed by atoms with Crippen LogP contribution in [-0.2, 0) is 14.6 Å². The van der Waals surface area contributed by atoms with E-state index in [4.69, 9.17) is 0 Å². The Labute approximate surface area is 154 Å². The first-order valence-electron chi connectivity index (χ1n) is 7.56. The number of non-ortho nitro benzene ring substituents is 1. The van der Waals surface area contributed by atoms with E-state index in [1.807, 2.05) is 0 Å². The Bertz CT molecular complexity index is 967. The quantitative estimate of drug-likeness (QED) is 0.404. The maximum absolute atomic E-state index is 11.4. The second-order valence-electron chi connectivity index (χ2n) is 5.68. The largest absolute Gasteiger partial charge is 0.548 e. The van der Waals surface area contributed by atoms with Gasteiger partial charge in [0.25, 0.3) is 5.69 Å². The van der Waals surface area contributed by atoms with Crippen molar-refractivity contribution in [2.24, 2.45) is 4.99 Å². The number of aliphatic hydroxyl groups is 1. The van der Waals surface area contributed by atoms with Crippen molar-refractivity contribution in [3.05, 3.63) is 69.8 Å². The first-order valence-corrected chi connectivity index (χ1v) is 9.45. The summed E-state index contributed by atoms with van der Waals surface area (Å²) in [7, 11) is -3.36. The van der Waals surface area contributed by atoms with Gasteiger partial charge in [0.05, 0.1) is 15.8 Å². The highest BCUT2D eigenvalue weighted by molar-refractivity contribution is 7.90. The molecule has 1 N–H and O–H groups in total. The van der Waals surface area contributed by atoms with Gasteiger partial charge < -0.3 is 15.0 Å². The van der Waals surface area contributed by atoms with E-state index in [-0.39, 0.29) is 16.1 Å². The van der Waals surface area contributed by atoms with E-state index in [2.05, 4.69) is 4.99 Å². The van der Waals surface area contributed by atoms with Crippen LogP contribution in [0.4, 0.5) is 5.69 Å². The fraction of sp³-hybridized carbons (Fsp3) is 0.176. The van der Waals surface area contributed by atoms with Crippen LogP contribution in [0.25, 0.3) is 0 Å². The molecule has 10 heteroatoms. The lowest BCUT2D eigenvalue weighted by Gasteiger charge is -2.20. The predicted molar refractivity (Wildman–Crippen MR) is 94.0 cm³/mol. The van der Waals surface area contributed by atoms with Gasteiger partial charge in [-0.15, -0.1) is 0 Å². The lowest BCUT2D eigenvalue weighted by Crippen LogP contribution is -2.38. The summed E-state index contributed by atoms with van der Waals surface area (Å²) in [6.07, 6.45) is 0.645. The van der Waals surface area contributed by atoms with Crippen LogP contribution in [0.2, 0.25) is 0 Å². The molecule has 0 amide bonds. The summed E-state index contributed by atoms with van der Waals surface area (Å²) in [5.74, 6) is -1.63. The van der Waals surface area contributed by atoms with Gasteiger partial charge in [0.2, 0.25) is 0 Å². The van der Waals surface area contributed by atoms with Gasteiger partial charge in [-0.1, -0.05) is 12.1 Å². The molecule has 2 rings (SSSR count). The van der Waals surface area contributed by atoms with Gasteiger partial charge in [0.15, 0.2) is 9.84 Å². The third-order valence-electron chi connectivity index (χ3n) is 3.68. The van der Waals surface area contributed by atoms with Gasteiger partial charge in [0, 0.05) is 24.6 Å². The number of aliphatic hydroxyl groups excluding tert-OH is 1. The third-order valence-corrected chi connectivity index (χ3v) is 4.81. The second kappa shape index (κ2) is 8.06. The van der Waals surface area contributed by atoms with Gasteiger partial charge >= 0.3 is 0 Å². The summed E-state index contributed by atoms with van der Waals surface area (Å²) in [5.41, 5.74) is 0.342. The van der Waals surface area contributed by atoms with E-state index in [9.17, 15) is 33.5 Å². The molecule has 0 heterocycles. The fourth-order valence-corrected chi connectivity index (χ4v) is 2.84. The van der Waals surface area contributed by atoms with Gasteiger partial charge in [-0.25, -0.2) is 8.42 Å². The van der Waals surface area contributed by atoms with Crippen LogP contribution in [0.5, 0.6) is 0 Å². The van der Waals surface area contributed by atoms with Crippen LogP contribution >= 0.6 is 0 Å². The van der Waals surface area contributed by atoms with Crippen LogP contribution in [-0.4, -0.2) is 42.9 Å². The fourth-order valence-electron chi connectivity index (χ4n) is 2.21. The Balaban J connectivity index is 2.22. The van der Waals surface area contributed by atoms with Crippen molar-refractivity contribution in [2.45, 2.75) is 17.0 Å². The number of aliphatic imine (C=N–C) groups is 1. The van der Waals surface area contributed by atoms with Gasteiger partial charge in [-0.2, -0.15) is 0 Å². The first-order chi connectivity index (χ1) is 12.6. The van der Waals surface area contributed by atoms with Crippen molar-refractivity contribution >= 4 is 27.7 Å². The summed E-state index contributed by atoms with van der Waals surface area (Å²) in [5, 5.41) is 32.2. The number of hydrogen-bond donors (Lipinski definition) is 1. The standard InChI is InChI=1S/C17H16N2O7S/c1-27(25,26)14-8-2-11(3-9-14)10-18-15(17(21)22)16(20)12-4-6-13(7-5-12)19(23)24/h2-10,15-16,20H,1H3,(H,21,22)/p-1. The monoisotopic (exact) mass is 391 g/mol. The number of carbonyl (C=O) groups is 1. The van der Waals surface area contributed by atoms with Crippen molar-refractivity contribution < 1.29 is 28.3 Å². The van der Waals surface area contributed by atoms with Gasteiger partial charge in [0.1, 0.15) is 12.1 Å². The minimum atomic E-state index is -3.36. The highest BCUT2D eigenvalue weighted by Crippen LogP contribution is 2.22. The highest BCUT2D eigenvalue weighted by atomic mass is 32.2. The van der Waals surface area contributed by atoms with Crippen molar-refractivity contribution in [1.29, 1.82) is 0 Å². The summed E-state index contributed by atoms with van der Waals surface area (Å²) in [6.45, 7) is 0. The first kappa shape index (κ1) is 20.2. The van der Waals surface area contributed by atoms with E-state index < -0.39 is 32.9 Å². The molecular weight excluding hydrogens is 376 g/mol. The molecule has 0 fully saturated rings. The summed E-state index contributed by atoms with van der Waals surface area (Å²) in [4.78, 5) is 25.2. The molecule has 142 valence electrons. The third kappa shape index (κ3) is 5.19. The Hall–Kier alpha value is -3.11. The molecule has 27 heavy (non-hydrogen) atoms. The minimum absolute atomic E-state index is 0.0991. The Morgan fingerprint density at radius 3 is 2.15 bits per heavy atom. The van der Waals surface area contributed by atoms with Crippen molar-refractivity contribution in [3.63, 3.8) is 0 Å². The zero-order valence-electron chi connectivity index (χ0n) is 14.1. The van der Waals surface area contributed by atoms with Gasteiger partial charge in [-0.3, -0.25) is 15.1 Å². The number of rotatable bonds is 7. The molecule has 2 aromatic rings. The summed E-state index contributed by atoms with van der Waals surface area (Å²) >= 11 is 0. The molecule has 0 aliphatic heterocycles. The SMILES string of the molecule is CS(=O)(=O)c1ccc(C=NC(C(=O)[O-])C(O)c2ccc([N+](=O)[O-])cc2)cc1. The topological polar surface area (TPSA) is 150 Å². The molecule has 0 bridgehead atoms. The van der Waals surface area contributed by atoms with Crippen LogP contribution in [0, 0.1) is 10.1 Å². The van der Waals surface area contributed by atoms with E-state index in [0.29, 0.717) is 5.56 Å². The lowest BCUT2D eigenvalue weighted by atomic mass is 10.0. The molecule has 0 saturated carbocycles. The normalized spacial score (nSPS) is 14.0. The average Bonchev–Trinajstić information content (AvgIpc) is 2.61. The summed E-state index contributed by atoms with van der Waals surface area (Å²) in [6, 6.07) is 8.65. The number of carboxylic acids is 1. The lowest BCUT2D eigenvalue weighted by molar-refractivity contribution is -0.384. The molecule has 0 saturated heterocycles. The van der Waals surface area contributed by atoms with E-state index >= 15 is 0 Å². The Morgan fingerprint density at radius 2 is 1.70 bits per heavy atom. The molecule has 0 radical (unpaired) electrons. The molecule has 0 aromatic heterocycles. The minimum Gasteiger partial charge on any atom is -0.548 e. The van der Waals surface area contributed by atoms with Crippen LogP contribution in [0.1, 0.15) is 17.2 Å². The van der Waals surface area contributed by atoms with Crippen molar-refractivity contribution in [2.75, 3.05) is 6.26 Å². The molecule has 0 aliphatic carbocycles. The Kier molecular flexibility index (Phi) is 6.03. The zero-order chi connectivity index (χ0) is 20.2. The Morgan fingerprint density at radius 1 is 1.15 bits per heavy atom. The van der Waals surface area contributed by atoms with E-state index in [0.717, 1.165) is 18.4 Å². The zero-order valence-corrected chi connectivity index (χ0v) is 14.9. The van der Waals surface area contributed by atoms with Crippen LogP contribution < -0.4 is 5.11 Å². The van der Waals surface area contributed by atoms with E-state index in [1.165, 1.54) is 42.6 Å². The number of nitrogens with zero attached hydrogens (tertiary/aromatic N) is 2. The molecule has 9 nitrogen and oxygen atoms in total.